The first kappa shape index (κ1) is 22.5. The maximum absolute atomic E-state index is 5.01. The van der Waals surface area contributed by atoms with Crippen molar-refractivity contribution in [2.45, 2.75) is 46.2 Å². The average molecular weight is 449 g/mol. The molecule has 2 aromatic rings. The van der Waals surface area contributed by atoms with Gasteiger partial charge in [-0.2, -0.15) is 9.97 Å². The molecule has 178 valence electrons. The molecule has 2 heterocycles. The second-order valence-corrected chi connectivity index (χ2v) is 11.3. The third-order valence-electron chi connectivity index (χ3n) is 8.75. The molecule has 6 heteroatoms. The molecule has 1 saturated heterocycles. The first-order valence-corrected chi connectivity index (χ1v) is 12.7. The summed E-state index contributed by atoms with van der Waals surface area (Å²) in [5.74, 6) is 5.14. The van der Waals surface area contributed by atoms with E-state index in [9.17, 15) is 0 Å². The number of anilines is 3. The van der Waals surface area contributed by atoms with E-state index in [2.05, 4.69) is 91.3 Å². The molecule has 4 aliphatic rings. The van der Waals surface area contributed by atoms with E-state index in [0.29, 0.717) is 17.4 Å². The number of benzene rings is 1. The number of aromatic nitrogens is 2. The van der Waals surface area contributed by atoms with Crippen LogP contribution in [0.5, 0.6) is 0 Å². The van der Waals surface area contributed by atoms with E-state index in [1.807, 2.05) is 0 Å². The molecule has 33 heavy (non-hydrogen) atoms. The number of hydrogen-bond donors (Lipinski definition) is 1. The summed E-state index contributed by atoms with van der Waals surface area (Å²) in [6.07, 6.45) is 2.65. The van der Waals surface area contributed by atoms with Gasteiger partial charge in [0.15, 0.2) is 0 Å². The van der Waals surface area contributed by atoms with Crippen molar-refractivity contribution < 1.29 is 0 Å². The summed E-state index contributed by atoms with van der Waals surface area (Å²) in [6.45, 7) is 12.4. The van der Waals surface area contributed by atoms with Gasteiger partial charge in [0.1, 0.15) is 11.6 Å². The Morgan fingerprint density at radius 1 is 1.03 bits per heavy atom. The van der Waals surface area contributed by atoms with Crippen LogP contribution in [-0.2, 0) is 6.54 Å². The molecule has 4 atom stereocenters. The van der Waals surface area contributed by atoms with Crippen molar-refractivity contribution in [2.24, 2.45) is 23.2 Å². The Morgan fingerprint density at radius 3 is 2.39 bits per heavy atom. The SMILES string of the molecule is C[C@H]1[C@H](Nc2cc(N(C)C)nc(N3CCN(Cc4ccccc4)CC3)n2)C[C@@H]2C[C@@H]1C2(C)C. The molecule has 3 saturated carbocycles. The van der Waals surface area contributed by atoms with Crippen LogP contribution in [0.25, 0.3) is 0 Å². The lowest BCUT2D eigenvalue weighted by Crippen LogP contribution is -2.58. The predicted molar refractivity (Wildman–Crippen MR) is 137 cm³/mol. The molecule has 3 aliphatic carbocycles. The van der Waals surface area contributed by atoms with E-state index in [-0.39, 0.29) is 0 Å². The van der Waals surface area contributed by atoms with Crippen molar-refractivity contribution in [2.75, 3.05) is 55.4 Å². The standard InChI is InChI=1S/C27H40N6/c1-19-22-15-21(27(22,2)3)16-23(19)28-24-17-25(31(4)5)30-26(29-24)33-13-11-32(12-14-33)18-20-9-7-6-8-10-20/h6-10,17,19,21-23H,11-16,18H2,1-5H3,(H,28,29,30)/t19-,21+,22+,23-/m1/s1. The summed E-state index contributed by atoms with van der Waals surface area (Å²) in [7, 11) is 4.13. The number of fused-ring (bicyclic) bond motifs is 2. The van der Waals surface area contributed by atoms with Crippen molar-refractivity contribution in [1.82, 2.24) is 14.9 Å². The molecule has 0 unspecified atom stereocenters. The summed E-state index contributed by atoms with van der Waals surface area (Å²) in [5.41, 5.74) is 1.88. The van der Waals surface area contributed by atoms with Gasteiger partial charge in [-0.15, -0.1) is 0 Å². The number of nitrogens with one attached hydrogen (secondary N) is 1. The van der Waals surface area contributed by atoms with Gasteiger partial charge >= 0.3 is 0 Å². The van der Waals surface area contributed by atoms with Crippen molar-refractivity contribution >= 4 is 17.6 Å². The molecule has 1 aromatic carbocycles. The summed E-state index contributed by atoms with van der Waals surface area (Å²) in [5, 5.41) is 3.83. The van der Waals surface area contributed by atoms with Crippen molar-refractivity contribution in [1.29, 1.82) is 0 Å². The minimum atomic E-state index is 0.502. The largest absolute Gasteiger partial charge is 0.367 e. The first-order valence-electron chi connectivity index (χ1n) is 12.7. The van der Waals surface area contributed by atoms with Gasteiger partial charge in [-0.05, 0) is 41.6 Å². The molecule has 2 bridgehead atoms. The molecule has 0 radical (unpaired) electrons. The van der Waals surface area contributed by atoms with Crippen LogP contribution >= 0.6 is 0 Å². The van der Waals surface area contributed by atoms with Crippen molar-refractivity contribution in [3.8, 4) is 0 Å². The fraction of sp³-hybridized carbons (Fsp3) is 0.630. The summed E-state index contributed by atoms with van der Waals surface area (Å²) in [6, 6.07) is 13.4. The normalized spacial score (nSPS) is 28.8. The van der Waals surface area contributed by atoms with Gasteiger partial charge in [-0.3, -0.25) is 4.90 Å². The lowest BCUT2D eigenvalue weighted by atomic mass is 9.45. The Bertz CT molecular complexity index is 950. The molecule has 4 fully saturated rings. The van der Waals surface area contributed by atoms with Gasteiger partial charge in [0.05, 0.1) is 0 Å². The fourth-order valence-corrected chi connectivity index (χ4v) is 6.34. The van der Waals surface area contributed by atoms with Gasteiger partial charge < -0.3 is 15.1 Å². The quantitative estimate of drug-likeness (QED) is 0.709. The number of hydrogen-bond acceptors (Lipinski definition) is 6. The summed E-state index contributed by atoms with van der Waals surface area (Å²) < 4.78 is 0. The van der Waals surface area contributed by atoms with Gasteiger partial charge in [0.2, 0.25) is 5.95 Å². The van der Waals surface area contributed by atoms with Gasteiger partial charge in [0, 0.05) is 58.9 Å². The molecular weight excluding hydrogens is 408 g/mol. The van der Waals surface area contributed by atoms with Gasteiger partial charge in [-0.25, -0.2) is 0 Å². The molecule has 1 N–H and O–H groups in total. The molecule has 0 spiro atoms. The zero-order valence-electron chi connectivity index (χ0n) is 21.0. The van der Waals surface area contributed by atoms with E-state index in [4.69, 9.17) is 9.97 Å². The smallest absolute Gasteiger partial charge is 0.229 e. The highest BCUT2D eigenvalue weighted by atomic mass is 15.3. The van der Waals surface area contributed by atoms with E-state index in [1.165, 1.54) is 18.4 Å². The zero-order chi connectivity index (χ0) is 23.2. The lowest BCUT2D eigenvalue weighted by molar-refractivity contribution is -0.105. The highest BCUT2D eigenvalue weighted by molar-refractivity contribution is 5.54. The lowest BCUT2D eigenvalue weighted by Gasteiger charge is -2.62. The van der Waals surface area contributed by atoms with E-state index >= 15 is 0 Å². The monoisotopic (exact) mass is 448 g/mol. The minimum Gasteiger partial charge on any atom is -0.367 e. The van der Waals surface area contributed by atoms with Crippen LogP contribution in [0.1, 0.15) is 39.2 Å². The van der Waals surface area contributed by atoms with Gasteiger partial charge in [0.25, 0.3) is 0 Å². The molecule has 1 aromatic heterocycles. The van der Waals surface area contributed by atoms with Gasteiger partial charge in [-0.1, -0.05) is 51.1 Å². The van der Waals surface area contributed by atoms with Crippen LogP contribution < -0.4 is 15.1 Å². The van der Waals surface area contributed by atoms with Crippen LogP contribution in [0.3, 0.4) is 0 Å². The molecule has 6 nitrogen and oxygen atoms in total. The van der Waals surface area contributed by atoms with Crippen LogP contribution in [0.4, 0.5) is 17.6 Å². The first-order chi connectivity index (χ1) is 15.8. The third-order valence-corrected chi connectivity index (χ3v) is 8.75. The van der Waals surface area contributed by atoms with Crippen LogP contribution in [0, 0.1) is 23.2 Å². The Kier molecular flexibility index (Phi) is 5.98. The summed E-state index contributed by atoms with van der Waals surface area (Å²) in [4.78, 5) is 16.9. The molecule has 0 amide bonds. The Morgan fingerprint density at radius 2 is 1.76 bits per heavy atom. The highest BCUT2D eigenvalue weighted by Gasteiger charge is 2.56. The Hall–Kier alpha value is -2.34. The predicted octanol–water partition coefficient (Wildman–Crippen LogP) is 4.35. The van der Waals surface area contributed by atoms with E-state index in [0.717, 1.165) is 62.1 Å². The maximum Gasteiger partial charge on any atom is 0.229 e. The Labute approximate surface area is 199 Å². The molecule has 1 aliphatic heterocycles. The minimum absolute atomic E-state index is 0.502. The van der Waals surface area contributed by atoms with Crippen LogP contribution in [0.2, 0.25) is 0 Å². The van der Waals surface area contributed by atoms with Crippen molar-refractivity contribution in [3.63, 3.8) is 0 Å². The Balaban J connectivity index is 1.27. The number of rotatable bonds is 6. The van der Waals surface area contributed by atoms with E-state index in [1.54, 1.807) is 0 Å². The second-order valence-electron chi connectivity index (χ2n) is 11.3. The zero-order valence-corrected chi connectivity index (χ0v) is 21.0. The highest BCUT2D eigenvalue weighted by Crippen LogP contribution is 2.61. The second kappa shape index (κ2) is 8.79. The topological polar surface area (TPSA) is 47.5 Å². The van der Waals surface area contributed by atoms with Crippen LogP contribution in [0.15, 0.2) is 36.4 Å². The number of piperazine rings is 1. The maximum atomic E-state index is 5.01. The molecule has 6 rings (SSSR count). The fourth-order valence-electron chi connectivity index (χ4n) is 6.34. The summed E-state index contributed by atoms with van der Waals surface area (Å²) >= 11 is 0. The molecular formula is C27H40N6. The third kappa shape index (κ3) is 4.42. The van der Waals surface area contributed by atoms with Crippen molar-refractivity contribution in [3.05, 3.63) is 42.0 Å². The average Bonchev–Trinajstić information content (AvgIpc) is 2.81. The van der Waals surface area contributed by atoms with Crippen LogP contribution in [-0.4, -0.2) is 61.2 Å². The number of nitrogens with zero attached hydrogens (tertiary/aromatic N) is 5. The van der Waals surface area contributed by atoms with E-state index < -0.39 is 0 Å².